The van der Waals surface area contributed by atoms with E-state index < -0.39 is 0 Å². The van der Waals surface area contributed by atoms with Gasteiger partial charge in [0.15, 0.2) is 0 Å². The monoisotopic (exact) mass is 335 g/mol. The van der Waals surface area contributed by atoms with Crippen LogP contribution in [0.25, 0.3) is 10.4 Å². The third-order valence-corrected chi connectivity index (χ3v) is 5.92. The molecule has 3 heteroatoms. The first-order chi connectivity index (χ1) is 8.97. The zero-order chi connectivity index (χ0) is 13.6. The molecule has 1 aromatic heterocycles. The summed E-state index contributed by atoms with van der Waals surface area (Å²) in [5, 5.41) is 3.60. The number of rotatable bonds is 1. The third kappa shape index (κ3) is 2.39. The molecule has 2 heterocycles. The fraction of sp³-hybridized carbons (Fsp3) is 0.375. The minimum absolute atomic E-state index is 0.236. The van der Waals surface area contributed by atoms with Crippen LogP contribution >= 0.6 is 27.3 Å². The van der Waals surface area contributed by atoms with Gasteiger partial charge in [-0.3, -0.25) is 0 Å². The van der Waals surface area contributed by atoms with Crippen LogP contribution in [0.5, 0.6) is 0 Å². The van der Waals surface area contributed by atoms with Crippen molar-refractivity contribution < 1.29 is 0 Å². The van der Waals surface area contributed by atoms with Crippen molar-refractivity contribution in [2.45, 2.75) is 32.2 Å². The maximum atomic E-state index is 3.60. The van der Waals surface area contributed by atoms with Crippen molar-refractivity contribution in [3.63, 3.8) is 0 Å². The largest absolute Gasteiger partial charge is 0.309 e. The van der Waals surface area contributed by atoms with Crippen LogP contribution in [0.15, 0.2) is 34.8 Å². The van der Waals surface area contributed by atoms with Gasteiger partial charge in [0.05, 0.1) is 0 Å². The summed E-state index contributed by atoms with van der Waals surface area (Å²) in [4.78, 5) is 2.91. The summed E-state index contributed by atoms with van der Waals surface area (Å²) < 4.78 is 1.13. The molecule has 100 valence electrons. The predicted molar refractivity (Wildman–Crippen MR) is 86.9 cm³/mol. The molecule has 1 atom stereocenters. The summed E-state index contributed by atoms with van der Waals surface area (Å²) in [6, 6.07) is 11.4. The first kappa shape index (κ1) is 13.3. The van der Waals surface area contributed by atoms with Gasteiger partial charge >= 0.3 is 0 Å². The molecule has 19 heavy (non-hydrogen) atoms. The Labute approximate surface area is 127 Å². The fourth-order valence-electron chi connectivity index (χ4n) is 2.61. The summed E-state index contributed by atoms with van der Waals surface area (Å²) >= 11 is 5.45. The van der Waals surface area contributed by atoms with E-state index in [1.807, 2.05) is 11.3 Å². The van der Waals surface area contributed by atoms with Crippen LogP contribution in [0.1, 0.15) is 37.3 Å². The zero-order valence-corrected chi connectivity index (χ0v) is 13.9. The van der Waals surface area contributed by atoms with Crippen LogP contribution in [0, 0.1) is 0 Å². The molecule has 1 nitrogen and oxygen atoms in total. The number of halogens is 1. The molecule has 1 N–H and O–H groups in total. The number of benzene rings is 1. The maximum absolute atomic E-state index is 3.60. The quantitative estimate of drug-likeness (QED) is 0.762. The van der Waals surface area contributed by atoms with Crippen molar-refractivity contribution in [3.8, 4) is 10.4 Å². The smallest absolute Gasteiger partial charge is 0.0349 e. The lowest BCUT2D eigenvalue weighted by atomic mass is 9.83. The Morgan fingerprint density at radius 1 is 1.26 bits per heavy atom. The standard InChI is InChI=1S/C16H18BrNS/c1-10-13-8-14(11-4-6-12(17)7-5-11)19-15(13)16(2,3)9-18-10/h4-8,10,18H,9H2,1-3H3. The van der Waals surface area contributed by atoms with E-state index >= 15 is 0 Å². The van der Waals surface area contributed by atoms with E-state index in [-0.39, 0.29) is 5.41 Å². The third-order valence-electron chi connectivity index (χ3n) is 3.82. The molecule has 0 amide bonds. The molecule has 1 aliphatic heterocycles. The molecule has 0 spiro atoms. The molecule has 2 aromatic rings. The first-order valence-electron chi connectivity index (χ1n) is 6.61. The Balaban J connectivity index is 2.08. The molecule has 0 fully saturated rings. The normalized spacial score (nSPS) is 21.2. The minimum atomic E-state index is 0.236. The van der Waals surface area contributed by atoms with Crippen LogP contribution in [0.2, 0.25) is 0 Å². The van der Waals surface area contributed by atoms with Crippen LogP contribution < -0.4 is 5.32 Å². The number of nitrogens with one attached hydrogen (secondary N) is 1. The molecular weight excluding hydrogens is 318 g/mol. The Hall–Kier alpha value is -0.640. The second-order valence-corrected chi connectivity index (χ2v) is 7.86. The van der Waals surface area contributed by atoms with Gasteiger partial charge in [-0.2, -0.15) is 0 Å². The van der Waals surface area contributed by atoms with Crippen LogP contribution in [-0.4, -0.2) is 6.54 Å². The highest BCUT2D eigenvalue weighted by atomic mass is 79.9. The second kappa shape index (κ2) is 4.72. The van der Waals surface area contributed by atoms with Crippen molar-refractivity contribution in [1.82, 2.24) is 5.32 Å². The Kier molecular flexibility index (Phi) is 3.32. The van der Waals surface area contributed by atoms with E-state index in [0.29, 0.717) is 6.04 Å². The summed E-state index contributed by atoms with van der Waals surface area (Å²) in [5.74, 6) is 0. The van der Waals surface area contributed by atoms with Gasteiger partial charge in [-0.25, -0.2) is 0 Å². The maximum Gasteiger partial charge on any atom is 0.0349 e. The second-order valence-electron chi connectivity index (χ2n) is 5.89. The fourth-order valence-corrected chi connectivity index (χ4v) is 4.24. The van der Waals surface area contributed by atoms with Gasteiger partial charge in [-0.15, -0.1) is 11.3 Å². The molecule has 0 radical (unpaired) electrons. The average Bonchev–Trinajstić information content (AvgIpc) is 2.82. The van der Waals surface area contributed by atoms with Crippen LogP contribution in [0.4, 0.5) is 0 Å². The highest BCUT2D eigenvalue weighted by molar-refractivity contribution is 9.10. The van der Waals surface area contributed by atoms with E-state index in [2.05, 4.69) is 72.3 Å². The Bertz CT molecular complexity index is 598. The molecule has 1 aromatic carbocycles. The van der Waals surface area contributed by atoms with Gasteiger partial charge < -0.3 is 5.32 Å². The van der Waals surface area contributed by atoms with Crippen molar-refractivity contribution in [1.29, 1.82) is 0 Å². The topological polar surface area (TPSA) is 12.0 Å². The van der Waals surface area contributed by atoms with Gasteiger partial charge in [0.25, 0.3) is 0 Å². The van der Waals surface area contributed by atoms with E-state index in [1.54, 1.807) is 0 Å². The van der Waals surface area contributed by atoms with Gasteiger partial charge in [0, 0.05) is 32.2 Å². The molecule has 0 bridgehead atoms. The van der Waals surface area contributed by atoms with Gasteiger partial charge in [0.2, 0.25) is 0 Å². The van der Waals surface area contributed by atoms with Crippen molar-refractivity contribution in [3.05, 3.63) is 45.2 Å². The molecule has 0 saturated carbocycles. The summed E-state index contributed by atoms with van der Waals surface area (Å²) in [6.07, 6.45) is 0. The summed E-state index contributed by atoms with van der Waals surface area (Å²) in [7, 11) is 0. The molecule has 3 rings (SSSR count). The van der Waals surface area contributed by atoms with Crippen molar-refractivity contribution >= 4 is 27.3 Å². The van der Waals surface area contributed by atoms with E-state index in [0.717, 1.165) is 11.0 Å². The number of hydrogen-bond acceptors (Lipinski definition) is 2. The first-order valence-corrected chi connectivity index (χ1v) is 8.22. The Morgan fingerprint density at radius 2 is 1.95 bits per heavy atom. The summed E-state index contributed by atoms with van der Waals surface area (Å²) in [6.45, 7) is 7.97. The molecule has 0 aliphatic carbocycles. The molecule has 1 aliphatic rings. The minimum Gasteiger partial charge on any atom is -0.309 e. The lowest BCUT2D eigenvalue weighted by Gasteiger charge is -2.33. The Morgan fingerprint density at radius 3 is 2.58 bits per heavy atom. The van der Waals surface area contributed by atoms with Crippen molar-refractivity contribution in [2.24, 2.45) is 0 Å². The predicted octanol–water partition coefficient (Wildman–Crippen LogP) is 5.12. The van der Waals surface area contributed by atoms with E-state index in [4.69, 9.17) is 0 Å². The van der Waals surface area contributed by atoms with Crippen molar-refractivity contribution in [2.75, 3.05) is 6.54 Å². The molecular formula is C16H18BrNS. The average molecular weight is 336 g/mol. The number of hydrogen-bond donors (Lipinski definition) is 1. The van der Waals surface area contributed by atoms with E-state index in [1.165, 1.54) is 20.9 Å². The zero-order valence-electron chi connectivity index (χ0n) is 11.5. The lowest BCUT2D eigenvalue weighted by Crippen LogP contribution is -2.39. The lowest BCUT2D eigenvalue weighted by molar-refractivity contribution is 0.404. The SMILES string of the molecule is CC1NCC(C)(C)c2sc(-c3ccc(Br)cc3)cc21. The number of thiophene rings is 1. The molecule has 1 unspecified atom stereocenters. The molecule has 0 saturated heterocycles. The number of fused-ring (bicyclic) bond motifs is 1. The van der Waals surface area contributed by atoms with Crippen LogP contribution in [-0.2, 0) is 5.41 Å². The highest BCUT2D eigenvalue weighted by Crippen LogP contribution is 2.43. The van der Waals surface area contributed by atoms with Gasteiger partial charge in [-0.1, -0.05) is 41.9 Å². The van der Waals surface area contributed by atoms with Crippen LogP contribution in [0.3, 0.4) is 0 Å². The van der Waals surface area contributed by atoms with Gasteiger partial charge in [-0.05, 0) is 36.2 Å². The summed E-state index contributed by atoms with van der Waals surface area (Å²) in [5.41, 5.74) is 3.02. The highest BCUT2D eigenvalue weighted by Gasteiger charge is 2.32. The van der Waals surface area contributed by atoms with Gasteiger partial charge in [0.1, 0.15) is 0 Å². The van der Waals surface area contributed by atoms with E-state index in [9.17, 15) is 0 Å².